The van der Waals surface area contributed by atoms with Gasteiger partial charge in [-0.3, -0.25) is 19.4 Å². The van der Waals surface area contributed by atoms with Crippen molar-refractivity contribution in [1.82, 2.24) is 10.0 Å². The van der Waals surface area contributed by atoms with Gasteiger partial charge < -0.3 is 0 Å². The summed E-state index contributed by atoms with van der Waals surface area (Å²) >= 11 is 0. The Kier molecular flexibility index (Phi) is 5.88. The van der Waals surface area contributed by atoms with Crippen LogP contribution >= 0.6 is 0 Å². The summed E-state index contributed by atoms with van der Waals surface area (Å²) in [6.07, 6.45) is 0.506. The zero-order valence-corrected chi connectivity index (χ0v) is 21.7. The van der Waals surface area contributed by atoms with Crippen molar-refractivity contribution < 1.29 is 18.8 Å². The standard InChI is InChI=1S/C31H23FN6O3/c32-23-11-6-12-24(16-23)37-30(40)28-29(31(37)41)36(35-33-28)18-27(39)38-26(20-8-2-1-3-9-20)17-25(34-38)22-14-13-19-7-4-5-10-21(19)15-22/h1-16,26,28-29H,17-18H2/t26-,28+,29+/m1/s1. The molecule has 7 rings (SSSR count). The first-order valence-corrected chi connectivity index (χ1v) is 13.2. The van der Waals surface area contributed by atoms with E-state index in [0.717, 1.165) is 38.6 Å². The zero-order chi connectivity index (χ0) is 28.1. The quantitative estimate of drug-likeness (QED) is 0.341. The number of carbonyl (C=O) groups excluding carboxylic acids is 3. The van der Waals surface area contributed by atoms with Gasteiger partial charge in [0.2, 0.25) is 0 Å². The first-order chi connectivity index (χ1) is 20.0. The summed E-state index contributed by atoms with van der Waals surface area (Å²) in [6, 6.07) is 26.5. The van der Waals surface area contributed by atoms with E-state index in [1.54, 1.807) is 0 Å². The average Bonchev–Trinajstić information content (AvgIpc) is 3.68. The van der Waals surface area contributed by atoms with E-state index in [9.17, 15) is 18.8 Å². The highest BCUT2D eigenvalue weighted by atomic mass is 19.1. The normalized spacial score (nSPS) is 21.6. The number of imide groups is 1. The van der Waals surface area contributed by atoms with E-state index in [2.05, 4.69) is 16.4 Å². The summed E-state index contributed by atoms with van der Waals surface area (Å²) < 4.78 is 13.8. The molecule has 0 unspecified atom stereocenters. The van der Waals surface area contributed by atoms with Crippen LogP contribution in [0.25, 0.3) is 10.8 Å². The van der Waals surface area contributed by atoms with E-state index in [1.165, 1.54) is 28.2 Å². The number of hydrogen-bond acceptors (Lipinski definition) is 7. The molecule has 3 aliphatic rings. The van der Waals surface area contributed by atoms with Crippen LogP contribution in [0, 0.1) is 5.82 Å². The molecule has 0 saturated carbocycles. The number of carbonyl (C=O) groups is 3. The molecule has 202 valence electrons. The second kappa shape index (κ2) is 9.74. The summed E-state index contributed by atoms with van der Waals surface area (Å²) in [5.41, 5.74) is 2.72. The lowest BCUT2D eigenvalue weighted by Gasteiger charge is -2.25. The number of benzene rings is 4. The van der Waals surface area contributed by atoms with E-state index >= 15 is 0 Å². The minimum Gasteiger partial charge on any atom is -0.271 e. The van der Waals surface area contributed by atoms with Gasteiger partial charge in [-0.05, 0) is 46.2 Å². The fourth-order valence-electron chi connectivity index (χ4n) is 5.65. The van der Waals surface area contributed by atoms with Crippen LogP contribution in [0.2, 0.25) is 0 Å². The van der Waals surface area contributed by atoms with Crippen LogP contribution in [0.4, 0.5) is 10.1 Å². The van der Waals surface area contributed by atoms with Crippen molar-refractivity contribution in [3.63, 3.8) is 0 Å². The summed E-state index contributed by atoms with van der Waals surface area (Å²) in [5.74, 6) is -2.18. The van der Waals surface area contributed by atoms with Crippen molar-refractivity contribution in [3.05, 3.63) is 114 Å². The zero-order valence-electron chi connectivity index (χ0n) is 21.7. The average molecular weight is 547 g/mol. The van der Waals surface area contributed by atoms with E-state index in [4.69, 9.17) is 5.10 Å². The van der Waals surface area contributed by atoms with Crippen LogP contribution in [0.3, 0.4) is 0 Å². The highest BCUT2D eigenvalue weighted by molar-refractivity contribution is 6.25. The molecule has 0 aromatic heterocycles. The molecule has 41 heavy (non-hydrogen) atoms. The highest BCUT2D eigenvalue weighted by Gasteiger charge is 2.55. The molecule has 0 N–H and O–H groups in total. The number of hydrazone groups is 1. The molecular formula is C31H23FN6O3. The number of nitrogens with zero attached hydrogens (tertiary/aromatic N) is 6. The number of rotatable bonds is 5. The molecule has 3 heterocycles. The lowest BCUT2D eigenvalue weighted by atomic mass is 9.97. The smallest absolute Gasteiger partial charge is 0.264 e. The SMILES string of the molecule is O=C1[C@H]2N=NN(CC(=O)N3N=C(c4ccc5ccccc5c4)C[C@@H]3c3ccccc3)[C@@H]2C(=O)N1c1cccc(F)c1. The maximum absolute atomic E-state index is 13.8. The molecule has 3 atom stereocenters. The monoisotopic (exact) mass is 546 g/mol. The Labute approximate surface area is 234 Å². The third-order valence-corrected chi connectivity index (χ3v) is 7.65. The predicted octanol–water partition coefficient (Wildman–Crippen LogP) is 4.65. The maximum Gasteiger partial charge on any atom is 0.264 e. The number of fused-ring (bicyclic) bond motifs is 2. The van der Waals surface area contributed by atoms with Crippen LogP contribution in [-0.4, -0.2) is 52.1 Å². The molecule has 0 radical (unpaired) electrons. The molecule has 0 aliphatic carbocycles. The molecule has 3 aliphatic heterocycles. The van der Waals surface area contributed by atoms with Crippen LogP contribution in [0.5, 0.6) is 0 Å². The minimum atomic E-state index is -1.10. The largest absolute Gasteiger partial charge is 0.271 e. The lowest BCUT2D eigenvalue weighted by molar-refractivity contribution is -0.135. The number of amides is 3. The molecule has 0 bridgehead atoms. The van der Waals surface area contributed by atoms with Gasteiger partial charge in [0.05, 0.1) is 17.4 Å². The van der Waals surface area contributed by atoms with E-state index in [0.29, 0.717) is 6.42 Å². The van der Waals surface area contributed by atoms with Crippen molar-refractivity contribution in [2.75, 3.05) is 11.4 Å². The van der Waals surface area contributed by atoms with Gasteiger partial charge in [-0.25, -0.2) is 14.3 Å². The van der Waals surface area contributed by atoms with Crippen molar-refractivity contribution in [2.45, 2.75) is 24.5 Å². The third kappa shape index (κ3) is 4.24. The molecule has 4 aromatic rings. The van der Waals surface area contributed by atoms with E-state index < -0.39 is 35.6 Å². The van der Waals surface area contributed by atoms with Crippen LogP contribution < -0.4 is 4.90 Å². The summed E-state index contributed by atoms with van der Waals surface area (Å²) in [6.45, 7) is -0.307. The molecule has 4 aromatic carbocycles. The topological polar surface area (TPSA) is 98.0 Å². The van der Waals surface area contributed by atoms with Crippen LogP contribution in [0.1, 0.15) is 23.6 Å². The van der Waals surface area contributed by atoms with Gasteiger partial charge in [-0.15, -0.1) is 0 Å². The van der Waals surface area contributed by atoms with Gasteiger partial charge in [-0.2, -0.15) is 10.2 Å². The van der Waals surface area contributed by atoms with Crippen LogP contribution in [0.15, 0.2) is 113 Å². The molecular weight excluding hydrogens is 523 g/mol. The molecule has 10 heteroatoms. The molecule has 9 nitrogen and oxygen atoms in total. The maximum atomic E-state index is 13.8. The Morgan fingerprint density at radius 1 is 0.854 bits per heavy atom. The van der Waals surface area contributed by atoms with Crippen molar-refractivity contribution in [2.24, 2.45) is 15.4 Å². The molecule has 0 spiro atoms. The third-order valence-electron chi connectivity index (χ3n) is 7.65. The summed E-state index contributed by atoms with van der Waals surface area (Å²) in [7, 11) is 0. The second-order valence-corrected chi connectivity index (χ2v) is 10.2. The predicted molar refractivity (Wildman–Crippen MR) is 149 cm³/mol. The van der Waals surface area contributed by atoms with Gasteiger partial charge in [0.25, 0.3) is 17.7 Å². The summed E-state index contributed by atoms with van der Waals surface area (Å²) in [4.78, 5) is 41.0. The van der Waals surface area contributed by atoms with Gasteiger partial charge >= 0.3 is 0 Å². The fourth-order valence-corrected chi connectivity index (χ4v) is 5.65. The van der Waals surface area contributed by atoms with Gasteiger partial charge in [0, 0.05) is 6.42 Å². The Balaban J connectivity index is 1.17. The van der Waals surface area contributed by atoms with Crippen molar-refractivity contribution in [1.29, 1.82) is 0 Å². The number of hydrogen-bond donors (Lipinski definition) is 0. The molecule has 1 saturated heterocycles. The Morgan fingerprint density at radius 2 is 1.63 bits per heavy atom. The minimum absolute atomic E-state index is 0.115. The Bertz CT molecular complexity index is 1770. The van der Waals surface area contributed by atoms with Crippen LogP contribution in [-0.2, 0) is 14.4 Å². The number of halogens is 1. The number of anilines is 1. The molecule has 1 fully saturated rings. The first-order valence-electron chi connectivity index (χ1n) is 13.2. The summed E-state index contributed by atoms with van der Waals surface area (Å²) in [5, 5.41) is 17.6. The van der Waals surface area contributed by atoms with Gasteiger partial charge in [-0.1, -0.05) is 78.0 Å². The van der Waals surface area contributed by atoms with Gasteiger partial charge in [0.15, 0.2) is 12.1 Å². The Morgan fingerprint density at radius 3 is 2.44 bits per heavy atom. The lowest BCUT2D eigenvalue weighted by Crippen LogP contribution is -2.44. The first kappa shape index (κ1) is 24.8. The van der Waals surface area contributed by atoms with Gasteiger partial charge in [0.1, 0.15) is 12.4 Å². The second-order valence-electron chi connectivity index (χ2n) is 10.2. The van der Waals surface area contributed by atoms with Crippen molar-refractivity contribution >= 4 is 39.9 Å². The molecule has 3 amide bonds. The highest BCUT2D eigenvalue weighted by Crippen LogP contribution is 2.35. The van der Waals surface area contributed by atoms with Crippen molar-refractivity contribution in [3.8, 4) is 0 Å². The fraction of sp³-hybridized carbons (Fsp3) is 0.161. The Hall–Kier alpha value is -5.25. The van der Waals surface area contributed by atoms with E-state index in [-0.39, 0.29) is 18.3 Å². The van der Waals surface area contributed by atoms with E-state index in [1.807, 2.05) is 66.7 Å².